The minimum Gasteiger partial charge on any atom is -0.457 e. The van der Waals surface area contributed by atoms with Crippen molar-refractivity contribution in [3.8, 4) is 44.9 Å². The molecule has 8 aromatic rings. The molecule has 0 saturated carbocycles. The Morgan fingerprint density at radius 3 is 1.76 bits per heavy atom. The second-order valence-electron chi connectivity index (χ2n) is 14.3. The number of ether oxygens (including phenoxy) is 1. The van der Waals surface area contributed by atoms with Crippen LogP contribution >= 0.6 is 0 Å². The van der Waals surface area contributed by atoms with Gasteiger partial charge < -0.3 is 10.1 Å². The molecule has 1 unspecified atom stereocenters. The molecule has 1 N–H and O–H groups in total. The average molecular weight is 691 g/mol. The van der Waals surface area contributed by atoms with Gasteiger partial charge in [-0.3, -0.25) is 4.99 Å². The lowest BCUT2D eigenvalue weighted by molar-refractivity contribution is 0.436. The molecular formula is C51H34N2O. The predicted octanol–water partition coefficient (Wildman–Crippen LogP) is 10.6. The number of benzene rings is 8. The maximum atomic E-state index is 6.77. The third-order valence-corrected chi connectivity index (χ3v) is 11.4. The molecule has 3 aliphatic rings. The molecule has 0 bridgehead atoms. The summed E-state index contributed by atoms with van der Waals surface area (Å²) >= 11 is 0. The summed E-state index contributed by atoms with van der Waals surface area (Å²) in [5.74, 6) is 1.80. The zero-order valence-corrected chi connectivity index (χ0v) is 29.4. The maximum Gasteiger partial charge on any atom is 0.145 e. The molecule has 11 rings (SSSR count). The van der Waals surface area contributed by atoms with E-state index in [2.05, 4.69) is 193 Å². The van der Waals surface area contributed by atoms with Gasteiger partial charge in [-0.1, -0.05) is 170 Å². The van der Waals surface area contributed by atoms with Gasteiger partial charge in [0.1, 0.15) is 17.7 Å². The smallest absolute Gasteiger partial charge is 0.145 e. The Morgan fingerprint density at radius 1 is 0.426 bits per heavy atom. The number of fused-ring (bicyclic) bond motifs is 10. The first kappa shape index (κ1) is 30.6. The normalized spacial score (nSPS) is 15.4. The van der Waals surface area contributed by atoms with Gasteiger partial charge in [0, 0.05) is 16.3 Å². The van der Waals surface area contributed by atoms with Crippen molar-refractivity contribution < 1.29 is 4.74 Å². The number of rotatable bonds is 4. The van der Waals surface area contributed by atoms with E-state index in [1.165, 1.54) is 33.4 Å². The highest BCUT2D eigenvalue weighted by Gasteiger charge is 2.50. The first-order chi connectivity index (χ1) is 26.8. The number of nitrogens with one attached hydrogen (secondary N) is 1. The van der Waals surface area contributed by atoms with Crippen LogP contribution in [-0.4, -0.2) is 0 Å². The van der Waals surface area contributed by atoms with Crippen LogP contribution in [0.4, 0.5) is 0 Å². The lowest BCUT2D eigenvalue weighted by Gasteiger charge is -2.39. The molecule has 1 aliphatic carbocycles. The van der Waals surface area contributed by atoms with Crippen molar-refractivity contribution in [2.75, 3.05) is 0 Å². The van der Waals surface area contributed by atoms with Gasteiger partial charge in [-0.2, -0.15) is 0 Å². The fourth-order valence-corrected chi connectivity index (χ4v) is 8.97. The minimum absolute atomic E-state index is 0.152. The Labute approximate surface area is 314 Å². The van der Waals surface area contributed by atoms with Crippen molar-refractivity contribution >= 4 is 5.70 Å². The highest BCUT2D eigenvalue weighted by Crippen LogP contribution is 2.62. The first-order valence-corrected chi connectivity index (χ1v) is 18.6. The molecule has 54 heavy (non-hydrogen) atoms. The molecular weight excluding hydrogens is 657 g/mol. The lowest BCUT2D eigenvalue weighted by Crippen LogP contribution is -2.39. The first-order valence-electron chi connectivity index (χ1n) is 18.6. The summed E-state index contributed by atoms with van der Waals surface area (Å²) in [5.41, 5.74) is 15.0. The van der Waals surface area contributed by atoms with Crippen LogP contribution in [0.2, 0.25) is 0 Å². The predicted molar refractivity (Wildman–Crippen MR) is 217 cm³/mol. The molecule has 1 spiro atoms. The molecule has 2 aliphatic heterocycles. The van der Waals surface area contributed by atoms with E-state index in [0.29, 0.717) is 0 Å². The van der Waals surface area contributed by atoms with E-state index in [-0.39, 0.29) is 6.17 Å². The van der Waals surface area contributed by atoms with E-state index in [1.807, 2.05) is 6.07 Å². The summed E-state index contributed by atoms with van der Waals surface area (Å²) in [4.78, 5) is 5.05. The fourth-order valence-electron chi connectivity index (χ4n) is 8.97. The largest absolute Gasteiger partial charge is 0.457 e. The van der Waals surface area contributed by atoms with E-state index in [0.717, 1.165) is 61.2 Å². The van der Waals surface area contributed by atoms with Gasteiger partial charge in [-0.15, -0.1) is 0 Å². The molecule has 0 saturated heterocycles. The second-order valence-corrected chi connectivity index (χ2v) is 14.3. The molecule has 0 fully saturated rings. The van der Waals surface area contributed by atoms with Crippen LogP contribution in [0.25, 0.3) is 39.1 Å². The Kier molecular flexibility index (Phi) is 6.83. The average Bonchev–Trinajstić information content (AvgIpc) is 3.54. The summed E-state index contributed by atoms with van der Waals surface area (Å²) in [6.45, 7) is 0. The number of hydrogen-bond donors (Lipinski definition) is 1. The quantitative estimate of drug-likeness (QED) is 0.199. The van der Waals surface area contributed by atoms with Gasteiger partial charge in [-0.25, -0.2) is 0 Å². The minimum atomic E-state index is -0.453. The van der Waals surface area contributed by atoms with Crippen LogP contribution in [0, 0.1) is 0 Å². The summed E-state index contributed by atoms with van der Waals surface area (Å²) in [7, 11) is 0. The van der Waals surface area contributed by atoms with E-state index >= 15 is 0 Å². The van der Waals surface area contributed by atoms with Gasteiger partial charge in [0.25, 0.3) is 0 Å². The summed E-state index contributed by atoms with van der Waals surface area (Å²) < 4.78 is 6.77. The molecule has 254 valence electrons. The number of hydrogen-bond acceptors (Lipinski definition) is 3. The topological polar surface area (TPSA) is 33.6 Å². The molecule has 3 nitrogen and oxygen atoms in total. The van der Waals surface area contributed by atoms with Crippen LogP contribution in [0.5, 0.6) is 11.5 Å². The standard InChI is InChI=1S/C51H34N2O/c1-2-13-35(14-3-1)50-52-46-23-10-6-19-41(46)49(53-50)38-16-12-15-36(31-38)33-25-27-34(28-26-33)37-29-30-45-48(32-37)54-47-24-11-9-22-44(47)51(45)42-20-7-4-17-39(42)40-18-5-8-21-43(40)51/h1-32,50,53H. The summed E-state index contributed by atoms with van der Waals surface area (Å²) in [6, 6.07) is 69.6. The number of para-hydroxylation sites is 2. The maximum absolute atomic E-state index is 6.77. The van der Waals surface area contributed by atoms with Gasteiger partial charge in [0.2, 0.25) is 0 Å². The van der Waals surface area contributed by atoms with Crippen molar-refractivity contribution in [2.24, 2.45) is 4.99 Å². The van der Waals surface area contributed by atoms with E-state index in [1.54, 1.807) is 0 Å². The SMILES string of the molecule is c1ccc(C2N=c3ccccc3=C(c3cccc(-c4ccc(-c5ccc6c(c5)Oc5ccccc5C65c6ccccc6-c6ccccc65)cc4)c3)N2)cc1. The van der Waals surface area contributed by atoms with E-state index in [4.69, 9.17) is 9.73 Å². The lowest BCUT2D eigenvalue weighted by atomic mass is 9.66. The van der Waals surface area contributed by atoms with Crippen molar-refractivity contribution in [3.63, 3.8) is 0 Å². The van der Waals surface area contributed by atoms with Gasteiger partial charge in [0.15, 0.2) is 0 Å². The van der Waals surface area contributed by atoms with Crippen molar-refractivity contribution in [1.29, 1.82) is 0 Å². The number of nitrogens with zero attached hydrogens (tertiary/aromatic N) is 1. The van der Waals surface area contributed by atoms with Gasteiger partial charge >= 0.3 is 0 Å². The highest BCUT2D eigenvalue weighted by molar-refractivity contribution is 5.89. The highest BCUT2D eigenvalue weighted by atomic mass is 16.5. The zero-order valence-electron chi connectivity index (χ0n) is 29.4. The molecule has 3 heteroatoms. The molecule has 0 radical (unpaired) electrons. The fraction of sp³-hybridized carbons (Fsp3) is 0.0392. The third kappa shape index (κ3) is 4.58. The Hall–Kier alpha value is -6.97. The Balaban J connectivity index is 0.965. The van der Waals surface area contributed by atoms with E-state index in [9.17, 15) is 0 Å². The van der Waals surface area contributed by atoms with Crippen LogP contribution in [0.3, 0.4) is 0 Å². The second kappa shape index (κ2) is 12.0. The third-order valence-electron chi connectivity index (χ3n) is 11.4. The molecule has 0 amide bonds. The van der Waals surface area contributed by atoms with Crippen molar-refractivity contribution in [2.45, 2.75) is 11.6 Å². The van der Waals surface area contributed by atoms with Crippen LogP contribution in [0.1, 0.15) is 39.5 Å². The molecule has 2 heterocycles. The van der Waals surface area contributed by atoms with Crippen LogP contribution < -0.4 is 20.6 Å². The Bertz CT molecular complexity index is 2850. The molecule has 0 aromatic heterocycles. The Morgan fingerprint density at radius 2 is 1.00 bits per heavy atom. The zero-order chi connectivity index (χ0) is 35.6. The van der Waals surface area contributed by atoms with Crippen LogP contribution in [-0.2, 0) is 5.41 Å². The molecule has 8 aromatic carbocycles. The van der Waals surface area contributed by atoms with Crippen molar-refractivity contribution in [1.82, 2.24) is 5.32 Å². The summed E-state index contributed by atoms with van der Waals surface area (Å²) in [5, 5.41) is 5.86. The van der Waals surface area contributed by atoms with Crippen LogP contribution in [0.15, 0.2) is 199 Å². The van der Waals surface area contributed by atoms with E-state index < -0.39 is 5.41 Å². The monoisotopic (exact) mass is 690 g/mol. The summed E-state index contributed by atoms with van der Waals surface area (Å²) in [6.07, 6.45) is -0.152. The van der Waals surface area contributed by atoms with Gasteiger partial charge in [0.05, 0.1) is 16.5 Å². The molecule has 1 atom stereocenters. The van der Waals surface area contributed by atoms with Crippen molar-refractivity contribution in [3.05, 3.63) is 238 Å². The van der Waals surface area contributed by atoms with Gasteiger partial charge in [-0.05, 0) is 79.9 Å².